The molecular formula is C28H26N2O2. The highest BCUT2D eigenvalue weighted by molar-refractivity contribution is 5.86. The van der Waals surface area contributed by atoms with E-state index in [1.54, 1.807) is 12.2 Å². The van der Waals surface area contributed by atoms with Crippen LogP contribution < -0.4 is 0 Å². The van der Waals surface area contributed by atoms with E-state index in [1.807, 2.05) is 88.4 Å². The lowest BCUT2D eigenvalue weighted by atomic mass is 10.0. The van der Waals surface area contributed by atoms with Gasteiger partial charge in [-0.2, -0.15) is 0 Å². The third kappa shape index (κ3) is 4.40. The minimum atomic E-state index is 0.104. The summed E-state index contributed by atoms with van der Waals surface area (Å²) in [5, 5.41) is 21.8. The molecule has 0 saturated carbocycles. The number of nitrogens with zero attached hydrogens (tertiary/aromatic N) is 2. The second kappa shape index (κ2) is 8.67. The molecule has 1 aromatic heterocycles. The summed E-state index contributed by atoms with van der Waals surface area (Å²) in [7, 11) is 0. The lowest BCUT2D eigenvalue weighted by molar-refractivity contribution is 0.513. The van der Waals surface area contributed by atoms with E-state index >= 15 is 0 Å². The van der Waals surface area contributed by atoms with Gasteiger partial charge in [0.25, 0.3) is 0 Å². The maximum Gasteiger partial charge on any atom is 0.125 e. The number of benzene rings is 3. The molecule has 0 aliphatic carbocycles. The Balaban J connectivity index is 1.87. The molecule has 0 radical (unpaired) electrons. The summed E-state index contributed by atoms with van der Waals surface area (Å²) in [6, 6.07) is 19.3. The Hall–Kier alpha value is -3.92. The summed E-state index contributed by atoms with van der Waals surface area (Å²) < 4.78 is 0. The van der Waals surface area contributed by atoms with E-state index in [2.05, 4.69) is 0 Å². The molecule has 0 fully saturated rings. The molecule has 0 amide bonds. The van der Waals surface area contributed by atoms with Crippen molar-refractivity contribution in [3.05, 3.63) is 105 Å². The lowest BCUT2D eigenvalue weighted by Crippen LogP contribution is -1.97. The van der Waals surface area contributed by atoms with Gasteiger partial charge in [0.05, 0.1) is 22.4 Å². The van der Waals surface area contributed by atoms with E-state index in [0.717, 1.165) is 44.4 Å². The molecule has 0 unspecified atom stereocenters. The lowest BCUT2D eigenvalue weighted by Gasteiger charge is -2.09. The van der Waals surface area contributed by atoms with Crippen LogP contribution >= 0.6 is 0 Å². The monoisotopic (exact) mass is 422 g/mol. The first kappa shape index (κ1) is 21.3. The largest absolute Gasteiger partial charge is 0.507 e. The van der Waals surface area contributed by atoms with Gasteiger partial charge < -0.3 is 10.2 Å². The molecule has 0 bridgehead atoms. The molecule has 2 N–H and O–H groups in total. The van der Waals surface area contributed by atoms with Crippen LogP contribution in [0.3, 0.4) is 0 Å². The average Bonchev–Trinajstić information content (AvgIpc) is 2.73. The van der Waals surface area contributed by atoms with E-state index in [4.69, 9.17) is 9.97 Å². The fourth-order valence-electron chi connectivity index (χ4n) is 3.86. The average molecular weight is 423 g/mol. The van der Waals surface area contributed by atoms with Crippen molar-refractivity contribution in [2.45, 2.75) is 27.7 Å². The number of aromatic nitrogens is 2. The molecule has 160 valence electrons. The van der Waals surface area contributed by atoms with Gasteiger partial charge in [0, 0.05) is 23.3 Å². The van der Waals surface area contributed by atoms with Crippen LogP contribution in [-0.2, 0) is 0 Å². The first-order valence-electron chi connectivity index (χ1n) is 10.5. The molecule has 1 heterocycles. The molecule has 4 rings (SSSR count). The number of aliphatic hydroxyl groups excluding tert-OH is 2. The molecule has 0 aliphatic heterocycles. The Kier molecular flexibility index (Phi) is 5.78. The molecule has 0 atom stereocenters. The highest BCUT2D eigenvalue weighted by Gasteiger charge is 2.12. The fourth-order valence-corrected chi connectivity index (χ4v) is 3.86. The van der Waals surface area contributed by atoms with Gasteiger partial charge in [0.2, 0.25) is 0 Å². The van der Waals surface area contributed by atoms with Crippen molar-refractivity contribution in [1.29, 1.82) is 0 Å². The zero-order valence-corrected chi connectivity index (χ0v) is 18.7. The molecule has 0 aliphatic rings. The topological polar surface area (TPSA) is 66.2 Å². The van der Waals surface area contributed by atoms with Crippen LogP contribution in [0.25, 0.3) is 34.7 Å². The van der Waals surface area contributed by atoms with Crippen molar-refractivity contribution < 1.29 is 10.2 Å². The SMILES string of the molecule is Cc1ccc(/C(O)=C/c2nc3ccccc3nc2/C=C(\O)c2ccc(C)cc2C)c(C)c1. The molecule has 0 spiro atoms. The number of para-hydroxylation sites is 2. The second-order valence-electron chi connectivity index (χ2n) is 8.18. The van der Waals surface area contributed by atoms with E-state index in [1.165, 1.54) is 0 Å². The zero-order chi connectivity index (χ0) is 22.8. The first-order valence-corrected chi connectivity index (χ1v) is 10.5. The minimum absolute atomic E-state index is 0.104. The fraction of sp³-hybridized carbons (Fsp3) is 0.143. The Labute approximate surface area is 188 Å². The second-order valence-corrected chi connectivity index (χ2v) is 8.18. The van der Waals surface area contributed by atoms with Crippen LogP contribution in [0, 0.1) is 27.7 Å². The number of aliphatic hydroxyl groups is 2. The Morgan fingerprint density at radius 2 is 1.03 bits per heavy atom. The van der Waals surface area contributed by atoms with Crippen LogP contribution in [0.2, 0.25) is 0 Å². The Morgan fingerprint density at radius 3 is 1.41 bits per heavy atom. The van der Waals surface area contributed by atoms with Crippen LogP contribution in [0.4, 0.5) is 0 Å². The number of hydrogen-bond acceptors (Lipinski definition) is 4. The van der Waals surface area contributed by atoms with E-state index in [9.17, 15) is 10.2 Å². The molecule has 32 heavy (non-hydrogen) atoms. The Morgan fingerprint density at radius 1 is 0.625 bits per heavy atom. The summed E-state index contributed by atoms with van der Waals surface area (Å²) in [4.78, 5) is 9.43. The molecular weight excluding hydrogens is 396 g/mol. The van der Waals surface area contributed by atoms with Crippen LogP contribution in [0.5, 0.6) is 0 Å². The van der Waals surface area contributed by atoms with E-state index < -0.39 is 0 Å². The van der Waals surface area contributed by atoms with Crippen LogP contribution in [0.1, 0.15) is 44.8 Å². The van der Waals surface area contributed by atoms with Crippen molar-refractivity contribution in [3.8, 4) is 0 Å². The number of fused-ring (bicyclic) bond motifs is 1. The van der Waals surface area contributed by atoms with Gasteiger partial charge in [0.1, 0.15) is 11.5 Å². The smallest absolute Gasteiger partial charge is 0.125 e. The summed E-state index contributed by atoms with van der Waals surface area (Å²) >= 11 is 0. The highest BCUT2D eigenvalue weighted by Crippen LogP contribution is 2.25. The third-order valence-electron chi connectivity index (χ3n) is 5.49. The van der Waals surface area contributed by atoms with Crippen molar-refractivity contribution in [3.63, 3.8) is 0 Å². The number of aryl methyl sites for hydroxylation is 4. The van der Waals surface area contributed by atoms with Crippen molar-refractivity contribution in [2.75, 3.05) is 0 Å². The van der Waals surface area contributed by atoms with Gasteiger partial charge >= 0.3 is 0 Å². The standard InChI is InChI=1S/C28H26N2O2/c1-17-9-11-21(19(3)13-17)27(31)15-25-26(30-24-8-6-5-7-23(24)29-25)16-28(32)22-12-10-18(2)14-20(22)4/h5-16,31-32H,1-4H3/b27-15-,28-16-. The van der Waals surface area contributed by atoms with Gasteiger partial charge in [-0.05, 0) is 51.0 Å². The maximum absolute atomic E-state index is 10.9. The zero-order valence-electron chi connectivity index (χ0n) is 18.7. The van der Waals surface area contributed by atoms with Crippen molar-refractivity contribution >= 4 is 34.7 Å². The summed E-state index contributed by atoms with van der Waals surface area (Å²) in [5.41, 5.74) is 8.09. The van der Waals surface area contributed by atoms with E-state index in [0.29, 0.717) is 11.4 Å². The van der Waals surface area contributed by atoms with Crippen LogP contribution in [-0.4, -0.2) is 20.2 Å². The van der Waals surface area contributed by atoms with Gasteiger partial charge in [-0.1, -0.05) is 59.7 Å². The molecule has 4 nitrogen and oxygen atoms in total. The predicted molar refractivity (Wildman–Crippen MR) is 132 cm³/mol. The quantitative estimate of drug-likeness (QED) is 0.348. The Bertz CT molecular complexity index is 1280. The third-order valence-corrected chi connectivity index (χ3v) is 5.49. The molecule has 0 saturated heterocycles. The predicted octanol–water partition coefficient (Wildman–Crippen LogP) is 6.98. The number of rotatable bonds is 4. The van der Waals surface area contributed by atoms with Crippen LogP contribution in [0.15, 0.2) is 60.7 Å². The number of hydrogen-bond donors (Lipinski definition) is 2. The molecule has 4 aromatic rings. The van der Waals surface area contributed by atoms with Crippen molar-refractivity contribution in [1.82, 2.24) is 9.97 Å². The highest BCUT2D eigenvalue weighted by atomic mass is 16.3. The molecule has 3 aromatic carbocycles. The van der Waals surface area contributed by atoms with Crippen molar-refractivity contribution in [2.24, 2.45) is 0 Å². The van der Waals surface area contributed by atoms with E-state index in [-0.39, 0.29) is 11.5 Å². The molecule has 4 heteroatoms. The van der Waals surface area contributed by atoms with Gasteiger partial charge in [-0.3, -0.25) is 0 Å². The van der Waals surface area contributed by atoms with Gasteiger partial charge in [-0.15, -0.1) is 0 Å². The maximum atomic E-state index is 10.9. The summed E-state index contributed by atoms with van der Waals surface area (Å²) in [5.74, 6) is 0.209. The minimum Gasteiger partial charge on any atom is -0.507 e. The summed E-state index contributed by atoms with van der Waals surface area (Å²) in [6.45, 7) is 7.97. The van der Waals surface area contributed by atoms with Gasteiger partial charge in [-0.25, -0.2) is 9.97 Å². The summed E-state index contributed by atoms with van der Waals surface area (Å²) in [6.07, 6.45) is 3.22. The normalized spacial score (nSPS) is 12.4. The first-order chi connectivity index (χ1) is 15.3. The van der Waals surface area contributed by atoms with Gasteiger partial charge in [0.15, 0.2) is 0 Å².